The van der Waals surface area contributed by atoms with Crippen LogP contribution >= 0.6 is 0 Å². The molecule has 1 aromatic heterocycles. The van der Waals surface area contributed by atoms with Gasteiger partial charge < -0.3 is 15.7 Å². The Hall–Kier alpha value is -1.36. The van der Waals surface area contributed by atoms with Crippen molar-refractivity contribution in [1.29, 1.82) is 0 Å². The van der Waals surface area contributed by atoms with Crippen molar-refractivity contribution in [3.63, 3.8) is 0 Å². The Morgan fingerprint density at radius 3 is 3.00 bits per heavy atom. The maximum atomic E-state index is 13.4. The van der Waals surface area contributed by atoms with Crippen molar-refractivity contribution < 1.29 is 9.50 Å². The molecule has 0 aromatic carbocycles. The standard InChI is InChI=1S/C9H12FN3O/c10-8-3-6(11)4-12-9(8)13-2-1-7(14)5-13/h3-4,7,14H,1-2,5,11H2/t7-/m0/s1. The van der Waals surface area contributed by atoms with Crippen molar-refractivity contribution in [1.82, 2.24) is 4.98 Å². The van der Waals surface area contributed by atoms with E-state index in [1.165, 1.54) is 12.3 Å². The van der Waals surface area contributed by atoms with Crippen LogP contribution in [-0.2, 0) is 0 Å². The average Bonchev–Trinajstić information content (AvgIpc) is 2.51. The third-order valence-electron chi connectivity index (χ3n) is 2.31. The molecule has 0 spiro atoms. The number of anilines is 2. The predicted octanol–water partition coefficient (Wildman–Crippen LogP) is 0.374. The van der Waals surface area contributed by atoms with E-state index in [0.717, 1.165) is 0 Å². The molecule has 1 aliphatic rings. The fourth-order valence-electron chi connectivity index (χ4n) is 1.61. The first kappa shape index (κ1) is 9.21. The molecule has 2 heterocycles. The van der Waals surface area contributed by atoms with Crippen LogP contribution < -0.4 is 10.6 Å². The summed E-state index contributed by atoms with van der Waals surface area (Å²) in [5.41, 5.74) is 5.69. The third kappa shape index (κ3) is 1.63. The molecule has 1 aliphatic heterocycles. The van der Waals surface area contributed by atoms with E-state index < -0.39 is 5.82 Å². The minimum absolute atomic E-state index is 0.274. The second-order valence-electron chi connectivity index (χ2n) is 3.46. The highest BCUT2D eigenvalue weighted by atomic mass is 19.1. The van der Waals surface area contributed by atoms with E-state index >= 15 is 0 Å². The molecule has 0 bridgehead atoms. The Bertz CT molecular complexity index is 345. The van der Waals surface area contributed by atoms with Crippen LogP contribution in [0.2, 0.25) is 0 Å². The SMILES string of the molecule is Nc1cnc(N2CC[C@H](O)C2)c(F)c1. The lowest BCUT2D eigenvalue weighted by Gasteiger charge is -2.16. The minimum Gasteiger partial charge on any atom is -0.397 e. The molecule has 0 saturated carbocycles. The highest BCUT2D eigenvalue weighted by Gasteiger charge is 2.23. The maximum absolute atomic E-state index is 13.4. The average molecular weight is 197 g/mol. The first-order valence-electron chi connectivity index (χ1n) is 4.51. The van der Waals surface area contributed by atoms with Gasteiger partial charge in [-0.15, -0.1) is 0 Å². The van der Waals surface area contributed by atoms with Gasteiger partial charge in [0.05, 0.1) is 18.0 Å². The number of nitrogens with zero attached hydrogens (tertiary/aromatic N) is 2. The van der Waals surface area contributed by atoms with Gasteiger partial charge in [-0.05, 0) is 6.42 Å². The minimum atomic E-state index is -0.431. The maximum Gasteiger partial charge on any atom is 0.167 e. The number of pyridine rings is 1. The number of nitrogen functional groups attached to an aromatic ring is 1. The number of nitrogens with two attached hydrogens (primary N) is 1. The first-order valence-corrected chi connectivity index (χ1v) is 4.51. The Morgan fingerprint density at radius 2 is 2.43 bits per heavy atom. The molecular weight excluding hydrogens is 185 g/mol. The summed E-state index contributed by atoms with van der Waals surface area (Å²) in [5, 5.41) is 9.29. The summed E-state index contributed by atoms with van der Waals surface area (Å²) in [6.45, 7) is 1.07. The van der Waals surface area contributed by atoms with Gasteiger partial charge in [0.25, 0.3) is 0 Å². The van der Waals surface area contributed by atoms with Crippen LogP contribution in [0.5, 0.6) is 0 Å². The molecule has 3 N–H and O–H groups in total. The molecule has 76 valence electrons. The second kappa shape index (κ2) is 3.42. The van der Waals surface area contributed by atoms with Crippen LogP contribution in [-0.4, -0.2) is 29.3 Å². The number of aromatic nitrogens is 1. The molecule has 0 amide bonds. The molecule has 1 saturated heterocycles. The van der Waals surface area contributed by atoms with E-state index in [0.29, 0.717) is 25.2 Å². The van der Waals surface area contributed by atoms with Gasteiger partial charge in [0.2, 0.25) is 0 Å². The number of hydrogen-bond acceptors (Lipinski definition) is 4. The van der Waals surface area contributed by atoms with Crippen molar-refractivity contribution in [3.05, 3.63) is 18.1 Å². The summed E-state index contributed by atoms with van der Waals surface area (Å²) < 4.78 is 13.4. The van der Waals surface area contributed by atoms with E-state index in [2.05, 4.69) is 4.98 Å². The zero-order valence-electron chi connectivity index (χ0n) is 7.65. The van der Waals surface area contributed by atoms with E-state index in [-0.39, 0.29) is 11.9 Å². The summed E-state index contributed by atoms with van der Waals surface area (Å²) in [7, 11) is 0. The number of hydrogen-bond donors (Lipinski definition) is 2. The fraction of sp³-hybridized carbons (Fsp3) is 0.444. The van der Waals surface area contributed by atoms with Gasteiger partial charge in [0.15, 0.2) is 11.6 Å². The molecule has 2 rings (SSSR count). The molecule has 0 aliphatic carbocycles. The van der Waals surface area contributed by atoms with Gasteiger partial charge in [-0.2, -0.15) is 0 Å². The fourth-order valence-corrected chi connectivity index (χ4v) is 1.61. The van der Waals surface area contributed by atoms with E-state index in [4.69, 9.17) is 5.73 Å². The molecule has 0 radical (unpaired) electrons. The van der Waals surface area contributed by atoms with E-state index in [1.807, 2.05) is 0 Å². The Kier molecular flexibility index (Phi) is 2.25. The van der Waals surface area contributed by atoms with Gasteiger partial charge in [-0.25, -0.2) is 9.37 Å². The van der Waals surface area contributed by atoms with Crippen molar-refractivity contribution in [3.8, 4) is 0 Å². The Labute approximate surface area is 81.2 Å². The lowest BCUT2D eigenvalue weighted by atomic mass is 10.3. The zero-order chi connectivity index (χ0) is 10.1. The number of β-amino-alcohol motifs (C(OH)–C–C–N with tert-alkyl or cyclic N) is 1. The van der Waals surface area contributed by atoms with Gasteiger partial charge in [0, 0.05) is 19.2 Å². The van der Waals surface area contributed by atoms with Crippen LogP contribution in [0.1, 0.15) is 6.42 Å². The molecular formula is C9H12FN3O. The van der Waals surface area contributed by atoms with Crippen molar-refractivity contribution in [2.24, 2.45) is 0 Å². The second-order valence-corrected chi connectivity index (χ2v) is 3.46. The topological polar surface area (TPSA) is 62.4 Å². The lowest BCUT2D eigenvalue weighted by molar-refractivity contribution is 0.198. The number of aliphatic hydroxyl groups is 1. The normalized spacial score (nSPS) is 21.6. The van der Waals surface area contributed by atoms with Crippen LogP contribution in [0.25, 0.3) is 0 Å². The molecule has 4 nitrogen and oxygen atoms in total. The largest absolute Gasteiger partial charge is 0.397 e. The quantitative estimate of drug-likeness (QED) is 0.683. The number of aliphatic hydroxyl groups excluding tert-OH is 1. The van der Waals surface area contributed by atoms with E-state index in [9.17, 15) is 9.50 Å². The van der Waals surface area contributed by atoms with Gasteiger partial charge in [-0.1, -0.05) is 0 Å². The smallest absolute Gasteiger partial charge is 0.167 e. The highest BCUT2D eigenvalue weighted by Crippen LogP contribution is 2.22. The van der Waals surface area contributed by atoms with Crippen LogP contribution in [0, 0.1) is 5.82 Å². The lowest BCUT2D eigenvalue weighted by Crippen LogP contribution is -2.23. The predicted molar refractivity (Wildman–Crippen MR) is 51.4 cm³/mol. The Morgan fingerprint density at radius 1 is 1.64 bits per heavy atom. The molecule has 1 fully saturated rings. The van der Waals surface area contributed by atoms with Crippen LogP contribution in [0.4, 0.5) is 15.9 Å². The van der Waals surface area contributed by atoms with Crippen molar-refractivity contribution in [2.75, 3.05) is 23.7 Å². The summed E-state index contributed by atoms with van der Waals surface area (Å²) in [6.07, 6.45) is 1.70. The molecule has 1 aromatic rings. The van der Waals surface area contributed by atoms with Crippen LogP contribution in [0.3, 0.4) is 0 Å². The van der Waals surface area contributed by atoms with E-state index in [1.54, 1.807) is 4.90 Å². The monoisotopic (exact) mass is 197 g/mol. The first-order chi connectivity index (χ1) is 6.66. The molecule has 14 heavy (non-hydrogen) atoms. The van der Waals surface area contributed by atoms with Gasteiger partial charge in [-0.3, -0.25) is 0 Å². The summed E-state index contributed by atoms with van der Waals surface area (Å²) in [4.78, 5) is 5.63. The van der Waals surface area contributed by atoms with Crippen molar-refractivity contribution in [2.45, 2.75) is 12.5 Å². The van der Waals surface area contributed by atoms with Gasteiger partial charge in [0.1, 0.15) is 0 Å². The molecule has 1 atom stereocenters. The number of halogens is 1. The van der Waals surface area contributed by atoms with Crippen LogP contribution in [0.15, 0.2) is 12.3 Å². The van der Waals surface area contributed by atoms with Crippen molar-refractivity contribution >= 4 is 11.5 Å². The molecule has 5 heteroatoms. The number of rotatable bonds is 1. The third-order valence-corrected chi connectivity index (χ3v) is 2.31. The summed E-state index contributed by atoms with van der Waals surface area (Å²) in [6, 6.07) is 1.24. The summed E-state index contributed by atoms with van der Waals surface area (Å²) in [5.74, 6) is -0.158. The molecule has 0 unspecified atom stereocenters. The van der Waals surface area contributed by atoms with Gasteiger partial charge >= 0.3 is 0 Å². The highest BCUT2D eigenvalue weighted by molar-refractivity contribution is 5.48. The summed E-state index contributed by atoms with van der Waals surface area (Å²) >= 11 is 0. The Balaban J connectivity index is 2.24. The zero-order valence-corrected chi connectivity index (χ0v) is 7.65.